The van der Waals surface area contributed by atoms with E-state index in [1.807, 2.05) is 80.6 Å². The molecule has 3 amide bonds. The van der Waals surface area contributed by atoms with Crippen LogP contribution >= 0.6 is 0 Å². The summed E-state index contributed by atoms with van der Waals surface area (Å²) in [6.45, 7) is 8.05. The number of anilines is 1. The Bertz CT molecular complexity index is 1210. The molecule has 3 rings (SSSR count). The molecule has 0 atom stereocenters. The summed E-state index contributed by atoms with van der Waals surface area (Å²) in [5.74, 6) is -0.947. The van der Waals surface area contributed by atoms with Crippen molar-refractivity contribution in [2.75, 3.05) is 19.1 Å². The number of rotatable bonds is 10. The molecule has 0 aliphatic carbocycles. The molecule has 9 heteroatoms. The first-order valence-electron chi connectivity index (χ1n) is 12.0. The Hall–Kier alpha value is -4.76. The predicted molar refractivity (Wildman–Crippen MR) is 154 cm³/mol. The summed E-state index contributed by atoms with van der Waals surface area (Å²) in [4.78, 5) is 34.7. The molecule has 0 radical (unpaired) electrons. The maximum Gasteiger partial charge on any atom is 0.271 e. The zero-order chi connectivity index (χ0) is 28.5. The third-order valence-corrected chi connectivity index (χ3v) is 5.02. The van der Waals surface area contributed by atoms with Crippen LogP contribution in [-0.2, 0) is 16.1 Å². The first kappa shape index (κ1) is 31.3. The summed E-state index contributed by atoms with van der Waals surface area (Å²) in [5.41, 5.74) is 13.9. The van der Waals surface area contributed by atoms with Gasteiger partial charge in [0.15, 0.2) is 5.71 Å². The van der Waals surface area contributed by atoms with Gasteiger partial charge in [-0.2, -0.15) is 5.10 Å². The fraction of sp³-hybridized carbons (Fsp3) is 0.172. The number of nitrogens with two attached hydrogens (primary N) is 2. The molecule has 0 aliphatic heterocycles. The Morgan fingerprint density at radius 2 is 1.45 bits per heavy atom. The van der Waals surface area contributed by atoms with E-state index >= 15 is 0 Å². The number of nitrogens with zero attached hydrogens (tertiary/aromatic N) is 2. The first-order chi connectivity index (χ1) is 18.4. The SMILES string of the molecule is C=C(NC=O)/C(=N\N(C)c1ccc(-c2ccc(C(=O)NCc3ccccc3)cc2)cc1)C(N)=O.CC.CN. The third kappa shape index (κ3) is 9.36. The van der Waals surface area contributed by atoms with Crippen molar-refractivity contribution in [2.45, 2.75) is 20.4 Å². The second-order valence-electron chi connectivity index (χ2n) is 7.37. The van der Waals surface area contributed by atoms with Crippen molar-refractivity contribution >= 4 is 29.6 Å². The molecule has 6 N–H and O–H groups in total. The lowest BCUT2D eigenvalue weighted by atomic mass is 10.0. The highest BCUT2D eigenvalue weighted by Gasteiger charge is 2.13. The summed E-state index contributed by atoms with van der Waals surface area (Å²) in [7, 11) is 3.15. The van der Waals surface area contributed by atoms with E-state index in [2.05, 4.69) is 28.0 Å². The molecule has 0 fully saturated rings. The van der Waals surface area contributed by atoms with E-state index in [0.29, 0.717) is 24.2 Å². The Morgan fingerprint density at radius 3 is 1.95 bits per heavy atom. The molecule has 200 valence electrons. The van der Waals surface area contributed by atoms with Gasteiger partial charge >= 0.3 is 0 Å². The summed E-state index contributed by atoms with van der Waals surface area (Å²) < 4.78 is 0. The molecule has 38 heavy (non-hydrogen) atoms. The van der Waals surface area contributed by atoms with Crippen LogP contribution in [0.2, 0.25) is 0 Å². The molecule has 3 aromatic rings. The highest BCUT2D eigenvalue weighted by atomic mass is 16.2. The Morgan fingerprint density at radius 1 is 0.921 bits per heavy atom. The molecule has 0 aromatic heterocycles. The Labute approximate surface area is 224 Å². The van der Waals surface area contributed by atoms with Gasteiger partial charge in [-0.1, -0.05) is 75.0 Å². The molecule has 0 aliphatic rings. The molecule has 0 spiro atoms. The molecule has 0 unspecified atom stereocenters. The summed E-state index contributed by atoms with van der Waals surface area (Å²) >= 11 is 0. The maximum atomic E-state index is 12.4. The van der Waals surface area contributed by atoms with Crippen LogP contribution in [0.3, 0.4) is 0 Å². The fourth-order valence-corrected chi connectivity index (χ4v) is 3.17. The monoisotopic (exact) mass is 516 g/mol. The molecule has 3 aromatic carbocycles. The van der Waals surface area contributed by atoms with Crippen LogP contribution in [0, 0.1) is 0 Å². The quantitative estimate of drug-likeness (QED) is 0.185. The van der Waals surface area contributed by atoms with E-state index in [4.69, 9.17) is 5.73 Å². The largest absolute Gasteiger partial charge is 0.364 e. The van der Waals surface area contributed by atoms with Gasteiger partial charge < -0.3 is 22.1 Å². The number of hydrogen-bond acceptors (Lipinski definition) is 6. The molecule has 0 saturated carbocycles. The van der Waals surface area contributed by atoms with Gasteiger partial charge in [-0.15, -0.1) is 0 Å². The summed E-state index contributed by atoms with van der Waals surface area (Å²) in [6.07, 6.45) is 0.397. The van der Waals surface area contributed by atoms with E-state index in [0.717, 1.165) is 16.7 Å². The van der Waals surface area contributed by atoms with Gasteiger partial charge in [0.2, 0.25) is 6.41 Å². The van der Waals surface area contributed by atoms with Crippen molar-refractivity contribution in [2.24, 2.45) is 16.6 Å². The van der Waals surface area contributed by atoms with E-state index in [9.17, 15) is 14.4 Å². The molecular weight excluding hydrogens is 480 g/mol. The van der Waals surface area contributed by atoms with Gasteiger partial charge in [-0.05, 0) is 48.0 Å². The minimum Gasteiger partial charge on any atom is -0.364 e. The summed E-state index contributed by atoms with van der Waals surface area (Å²) in [6, 6.07) is 24.5. The average Bonchev–Trinajstić information content (AvgIpc) is 2.97. The maximum absolute atomic E-state index is 12.4. The van der Waals surface area contributed by atoms with Gasteiger partial charge in [-0.25, -0.2) is 0 Å². The first-order valence-corrected chi connectivity index (χ1v) is 12.0. The van der Waals surface area contributed by atoms with E-state index in [-0.39, 0.29) is 17.3 Å². The second kappa shape index (κ2) is 16.8. The van der Waals surface area contributed by atoms with Gasteiger partial charge in [-0.3, -0.25) is 19.4 Å². The number of primary amides is 1. The normalized spacial score (nSPS) is 9.97. The van der Waals surface area contributed by atoms with Crippen molar-refractivity contribution in [1.82, 2.24) is 10.6 Å². The average molecular weight is 517 g/mol. The van der Waals surface area contributed by atoms with E-state index in [1.165, 1.54) is 12.1 Å². The smallest absolute Gasteiger partial charge is 0.271 e. The number of carbonyl (C=O) groups is 3. The number of benzene rings is 3. The van der Waals surface area contributed by atoms with Gasteiger partial charge in [0.05, 0.1) is 11.4 Å². The molecule has 0 bridgehead atoms. The summed E-state index contributed by atoms with van der Waals surface area (Å²) in [5, 5.41) is 10.8. The van der Waals surface area contributed by atoms with Crippen LogP contribution in [-0.4, -0.2) is 38.0 Å². The third-order valence-electron chi connectivity index (χ3n) is 5.02. The van der Waals surface area contributed by atoms with Crippen molar-refractivity contribution < 1.29 is 14.4 Å². The van der Waals surface area contributed by atoms with Crippen LogP contribution in [0.4, 0.5) is 5.69 Å². The number of carbonyl (C=O) groups excluding carboxylic acids is 3. The van der Waals surface area contributed by atoms with Crippen molar-refractivity contribution in [3.8, 4) is 11.1 Å². The van der Waals surface area contributed by atoms with Gasteiger partial charge in [0.1, 0.15) is 0 Å². The number of nitrogens with one attached hydrogen (secondary N) is 2. The minimum absolute atomic E-state index is 0.0128. The van der Waals surface area contributed by atoms with Gasteiger partial charge in [0, 0.05) is 19.2 Å². The molecular formula is C29H36N6O3. The number of amides is 3. The zero-order valence-corrected chi connectivity index (χ0v) is 22.3. The van der Waals surface area contributed by atoms with Crippen LogP contribution in [0.15, 0.2) is 96.2 Å². The fourth-order valence-electron chi connectivity index (χ4n) is 3.17. The predicted octanol–water partition coefficient (Wildman–Crippen LogP) is 3.42. The van der Waals surface area contributed by atoms with Crippen LogP contribution < -0.4 is 27.1 Å². The van der Waals surface area contributed by atoms with E-state index < -0.39 is 5.91 Å². The highest BCUT2D eigenvalue weighted by Crippen LogP contribution is 2.23. The molecule has 9 nitrogen and oxygen atoms in total. The molecule has 0 heterocycles. The van der Waals surface area contributed by atoms with Crippen molar-refractivity contribution in [1.29, 1.82) is 0 Å². The lowest BCUT2D eigenvalue weighted by Gasteiger charge is -2.16. The number of hydrogen-bond donors (Lipinski definition) is 4. The topological polar surface area (TPSA) is 143 Å². The number of hydrazone groups is 1. The Kier molecular flexibility index (Phi) is 13.8. The Balaban J connectivity index is 0.00000172. The minimum atomic E-state index is -0.810. The van der Waals surface area contributed by atoms with E-state index in [1.54, 1.807) is 19.2 Å². The molecule has 0 saturated heterocycles. The van der Waals surface area contributed by atoms with Crippen LogP contribution in [0.1, 0.15) is 29.8 Å². The van der Waals surface area contributed by atoms with Crippen LogP contribution in [0.25, 0.3) is 11.1 Å². The van der Waals surface area contributed by atoms with Gasteiger partial charge in [0.25, 0.3) is 11.8 Å². The van der Waals surface area contributed by atoms with Crippen LogP contribution in [0.5, 0.6) is 0 Å². The lowest BCUT2D eigenvalue weighted by Crippen LogP contribution is -2.32. The van der Waals surface area contributed by atoms with Crippen molar-refractivity contribution in [3.63, 3.8) is 0 Å². The lowest BCUT2D eigenvalue weighted by molar-refractivity contribution is -0.112. The standard InChI is InChI=1S/C26H25N5O3.C2H6.CH5N/c1-18(29-17-32)24(25(27)33)30-31(2)23-14-12-21(13-15-23)20-8-10-22(11-9-20)26(34)28-16-19-6-4-3-5-7-19;2*1-2/h3-15,17H,1,16H2,2H3,(H2,27,33)(H,28,34)(H,29,32);1-2H3;2H2,1H3/b30-24+;;. The zero-order valence-electron chi connectivity index (χ0n) is 22.3. The highest BCUT2D eigenvalue weighted by molar-refractivity contribution is 6.44. The van der Waals surface area contributed by atoms with Crippen molar-refractivity contribution in [3.05, 3.63) is 102 Å². The second-order valence-corrected chi connectivity index (χ2v) is 7.37.